The monoisotopic (exact) mass is 339 g/mol. The second-order valence-corrected chi connectivity index (χ2v) is 8.29. The number of hydrogen-bond acceptors (Lipinski definition) is 4. The Morgan fingerprint density at radius 1 is 1.39 bits per heavy atom. The molecule has 2 N–H and O–H groups in total. The summed E-state index contributed by atoms with van der Waals surface area (Å²) in [5.74, 6) is -0.163. The van der Waals surface area contributed by atoms with Crippen molar-refractivity contribution in [3.63, 3.8) is 0 Å². The standard InChI is InChI=1S/C16H25N3O3S/c1-12(2)18(3)23(21,22)15-8-4-6-13(10-15)16(20)19-9-5-7-14(17)11-19/h4,6,8,10,12,14H,5,7,9,11,17H2,1-3H3. The van der Waals surface area contributed by atoms with Crippen molar-refractivity contribution in [1.82, 2.24) is 9.21 Å². The molecule has 1 aromatic rings. The van der Waals surface area contributed by atoms with Crippen molar-refractivity contribution in [1.29, 1.82) is 0 Å². The maximum Gasteiger partial charge on any atom is 0.253 e. The van der Waals surface area contributed by atoms with Gasteiger partial charge in [-0.2, -0.15) is 4.31 Å². The van der Waals surface area contributed by atoms with E-state index in [-0.39, 0.29) is 22.9 Å². The van der Waals surface area contributed by atoms with Gasteiger partial charge in [-0.05, 0) is 44.9 Å². The van der Waals surface area contributed by atoms with Gasteiger partial charge in [0.15, 0.2) is 0 Å². The summed E-state index contributed by atoms with van der Waals surface area (Å²) in [6.45, 7) is 4.79. The van der Waals surface area contributed by atoms with Gasteiger partial charge in [0, 0.05) is 37.8 Å². The first-order valence-corrected chi connectivity index (χ1v) is 9.30. The molecular weight excluding hydrogens is 314 g/mol. The van der Waals surface area contributed by atoms with Crippen LogP contribution in [0, 0.1) is 0 Å². The van der Waals surface area contributed by atoms with Crippen LogP contribution in [0.4, 0.5) is 0 Å². The fourth-order valence-electron chi connectivity index (χ4n) is 2.61. The van der Waals surface area contributed by atoms with E-state index in [2.05, 4.69) is 0 Å². The van der Waals surface area contributed by atoms with Crippen molar-refractivity contribution < 1.29 is 13.2 Å². The molecule has 7 heteroatoms. The summed E-state index contributed by atoms with van der Waals surface area (Å²) in [7, 11) is -2.06. The summed E-state index contributed by atoms with van der Waals surface area (Å²) in [6.07, 6.45) is 1.79. The smallest absolute Gasteiger partial charge is 0.253 e. The molecule has 1 aliphatic heterocycles. The van der Waals surface area contributed by atoms with E-state index in [4.69, 9.17) is 5.73 Å². The molecule has 128 valence electrons. The van der Waals surface area contributed by atoms with E-state index in [0.29, 0.717) is 18.7 Å². The van der Waals surface area contributed by atoms with Crippen LogP contribution < -0.4 is 5.73 Å². The van der Waals surface area contributed by atoms with Gasteiger partial charge in [-0.25, -0.2) is 8.42 Å². The lowest BCUT2D eigenvalue weighted by Crippen LogP contribution is -2.45. The van der Waals surface area contributed by atoms with Crippen molar-refractivity contribution in [2.75, 3.05) is 20.1 Å². The Morgan fingerprint density at radius 2 is 2.09 bits per heavy atom. The Kier molecular flexibility index (Phi) is 5.44. The minimum absolute atomic E-state index is 0.00769. The highest BCUT2D eigenvalue weighted by Gasteiger charge is 2.26. The SMILES string of the molecule is CC(C)N(C)S(=O)(=O)c1cccc(C(=O)N2CCCC(N)C2)c1. The lowest BCUT2D eigenvalue weighted by molar-refractivity contribution is 0.0708. The van der Waals surface area contributed by atoms with Gasteiger partial charge in [0.25, 0.3) is 5.91 Å². The quantitative estimate of drug-likeness (QED) is 0.895. The molecule has 0 aliphatic carbocycles. The molecule has 0 bridgehead atoms. The number of hydrogen-bond donors (Lipinski definition) is 1. The number of piperidine rings is 1. The fourth-order valence-corrected chi connectivity index (χ4v) is 4.02. The maximum absolute atomic E-state index is 12.6. The number of amides is 1. The van der Waals surface area contributed by atoms with E-state index < -0.39 is 10.0 Å². The van der Waals surface area contributed by atoms with Crippen LogP contribution in [0.15, 0.2) is 29.2 Å². The van der Waals surface area contributed by atoms with Crippen LogP contribution in [0.2, 0.25) is 0 Å². The van der Waals surface area contributed by atoms with E-state index in [1.807, 2.05) is 13.8 Å². The van der Waals surface area contributed by atoms with Gasteiger partial charge < -0.3 is 10.6 Å². The minimum Gasteiger partial charge on any atom is -0.337 e. The largest absolute Gasteiger partial charge is 0.337 e. The Bertz CT molecular complexity index is 673. The van der Waals surface area contributed by atoms with Crippen LogP contribution in [0.3, 0.4) is 0 Å². The van der Waals surface area contributed by atoms with Crippen molar-refractivity contribution >= 4 is 15.9 Å². The van der Waals surface area contributed by atoms with Crippen LogP contribution in [-0.4, -0.2) is 55.8 Å². The van der Waals surface area contributed by atoms with Crippen molar-refractivity contribution in [3.8, 4) is 0 Å². The molecule has 1 saturated heterocycles. The molecule has 1 atom stereocenters. The molecule has 1 aromatic carbocycles. The first-order valence-electron chi connectivity index (χ1n) is 7.86. The molecule has 6 nitrogen and oxygen atoms in total. The summed E-state index contributed by atoms with van der Waals surface area (Å²) >= 11 is 0. The number of likely N-dealkylation sites (tertiary alicyclic amines) is 1. The molecule has 1 fully saturated rings. The zero-order valence-electron chi connectivity index (χ0n) is 13.9. The van der Waals surface area contributed by atoms with E-state index in [9.17, 15) is 13.2 Å². The molecule has 1 heterocycles. The summed E-state index contributed by atoms with van der Waals surface area (Å²) < 4.78 is 26.4. The Hall–Kier alpha value is -1.44. The van der Waals surface area contributed by atoms with Gasteiger partial charge >= 0.3 is 0 Å². The highest BCUT2D eigenvalue weighted by atomic mass is 32.2. The molecule has 1 unspecified atom stereocenters. The van der Waals surface area contributed by atoms with Crippen molar-refractivity contribution in [2.24, 2.45) is 5.73 Å². The molecular formula is C16H25N3O3S. The Balaban J connectivity index is 2.28. The van der Waals surface area contributed by atoms with Crippen LogP contribution in [0.25, 0.3) is 0 Å². The van der Waals surface area contributed by atoms with Gasteiger partial charge in [0.05, 0.1) is 4.90 Å². The molecule has 0 aromatic heterocycles. The van der Waals surface area contributed by atoms with E-state index in [1.165, 1.54) is 23.5 Å². The highest BCUT2D eigenvalue weighted by molar-refractivity contribution is 7.89. The predicted octanol–water partition coefficient (Wildman–Crippen LogP) is 1.28. The summed E-state index contributed by atoms with van der Waals surface area (Å²) in [6, 6.07) is 6.07. The number of carbonyl (C=O) groups excluding carboxylic acids is 1. The average Bonchev–Trinajstić information content (AvgIpc) is 2.53. The lowest BCUT2D eigenvalue weighted by Gasteiger charge is -2.31. The number of benzene rings is 1. The number of rotatable bonds is 4. The minimum atomic E-state index is -3.60. The van der Waals surface area contributed by atoms with Gasteiger partial charge in [-0.3, -0.25) is 4.79 Å². The molecule has 0 radical (unpaired) electrons. The highest BCUT2D eigenvalue weighted by Crippen LogP contribution is 2.20. The maximum atomic E-state index is 12.6. The molecule has 0 spiro atoms. The molecule has 2 rings (SSSR count). The number of sulfonamides is 1. The number of nitrogens with two attached hydrogens (primary N) is 1. The zero-order valence-corrected chi connectivity index (χ0v) is 14.7. The average molecular weight is 339 g/mol. The molecule has 23 heavy (non-hydrogen) atoms. The molecule has 0 saturated carbocycles. The zero-order chi connectivity index (χ0) is 17.2. The number of carbonyl (C=O) groups is 1. The third-order valence-corrected chi connectivity index (χ3v) is 6.26. The molecule has 1 aliphatic rings. The second-order valence-electron chi connectivity index (χ2n) is 6.30. The number of nitrogens with zero attached hydrogens (tertiary/aromatic N) is 2. The van der Waals surface area contributed by atoms with Crippen LogP contribution >= 0.6 is 0 Å². The first kappa shape index (κ1) is 17.9. The van der Waals surface area contributed by atoms with E-state index in [1.54, 1.807) is 17.0 Å². The van der Waals surface area contributed by atoms with Crippen LogP contribution in [0.1, 0.15) is 37.0 Å². The third kappa shape index (κ3) is 3.91. The Morgan fingerprint density at radius 3 is 2.70 bits per heavy atom. The van der Waals surface area contributed by atoms with Gasteiger partial charge in [0.2, 0.25) is 10.0 Å². The first-order chi connectivity index (χ1) is 10.7. The topological polar surface area (TPSA) is 83.7 Å². The van der Waals surface area contributed by atoms with E-state index in [0.717, 1.165) is 12.8 Å². The van der Waals surface area contributed by atoms with Crippen LogP contribution in [0.5, 0.6) is 0 Å². The van der Waals surface area contributed by atoms with Crippen molar-refractivity contribution in [3.05, 3.63) is 29.8 Å². The second kappa shape index (κ2) is 6.98. The lowest BCUT2D eigenvalue weighted by atomic mass is 10.1. The summed E-state index contributed by atoms with van der Waals surface area (Å²) in [5, 5.41) is 0. The van der Waals surface area contributed by atoms with Crippen LogP contribution in [-0.2, 0) is 10.0 Å². The normalized spacial score (nSPS) is 19.4. The van der Waals surface area contributed by atoms with Gasteiger partial charge in [-0.1, -0.05) is 6.07 Å². The predicted molar refractivity (Wildman–Crippen MR) is 89.6 cm³/mol. The Labute approximate surface area is 138 Å². The van der Waals surface area contributed by atoms with Gasteiger partial charge in [0.1, 0.15) is 0 Å². The summed E-state index contributed by atoms with van der Waals surface area (Å²) in [5.41, 5.74) is 6.30. The van der Waals surface area contributed by atoms with E-state index >= 15 is 0 Å². The summed E-state index contributed by atoms with van der Waals surface area (Å²) in [4.78, 5) is 14.4. The fraction of sp³-hybridized carbons (Fsp3) is 0.562. The van der Waals surface area contributed by atoms with Crippen molar-refractivity contribution in [2.45, 2.75) is 43.7 Å². The third-order valence-electron chi connectivity index (χ3n) is 4.23. The van der Waals surface area contributed by atoms with Gasteiger partial charge in [-0.15, -0.1) is 0 Å². The molecule has 1 amide bonds.